The molecule has 1 atom stereocenters. The summed E-state index contributed by atoms with van der Waals surface area (Å²) in [6.07, 6.45) is 0.671. The van der Waals surface area contributed by atoms with Gasteiger partial charge in [0, 0.05) is 7.11 Å². The van der Waals surface area contributed by atoms with Crippen LogP contribution >= 0.6 is 0 Å². The highest BCUT2D eigenvalue weighted by Crippen LogP contribution is 2.18. The van der Waals surface area contributed by atoms with Crippen LogP contribution in [0.5, 0.6) is 0 Å². The second-order valence-corrected chi connectivity index (χ2v) is 3.05. The molecular weight excluding hydrogens is 184 g/mol. The van der Waals surface area contributed by atoms with E-state index in [1.54, 1.807) is 7.11 Å². The van der Waals surface area contributed by atoms with E-state index in [9.17, 15) is 4.79 Å². The molecule has 0 amide bonds. The van der Waals surface area contributed by atoms with Crippen molar-refractivity contribution in [3.63, 3.8) is 0 Å². The zero-order valence-corrected chi connectivity index (χ0v) is 8.61. The van der Waals surface area contributed by atoms with Gasteiger partial charge in [0.15, 0.2) is 5.82 Å². The van der Waals surface area contributed by atoms with Crippen LogP contribution in [0.3, 0.4) is 0 Å². The number of ketones is 1. The fraction of sp³-hybridized carbons (Fsp3) is 0.667. The molecule has 1 unspecified atom stereocenters. The Morgan fingerprint density at radius 1 is 1.64 bits per heavy atom. The third-order valence-corrected chi connectivity index (χ3v) is 1.95. The second-order valence-electron chi connectivity index (χ2n) is 3.05. The molecule has 0 aliphatic carbocycles. The third kappa shape index (κ3) is 2.38. The Hall–Kier alpha value is -1.23. The van der Waals surface area contributed by atoms with Gasteiger partial charge in [-0.05, 0) is 13.3 Å². The van der Waals surface area contributed by atoms with Crippen molar-refractivity contribution in [2.24, 2.45) is 0 Å². The highest BCUT2D eigenvalue weighted by Gasteiger charge is 2.21. The van der Waals surface area contributed by atoms with Crippen molar-refractivity contribution in [1.29, 1.82) is 0 Å². The number of carbonyl (C=O) groups excluding carboxylic acids is 1. The first-order valence-corrected chi connectivity index (χ1v) is 4.50. The van der Waals surface area contributed by atoms with Gasteiger partial charge < -0.3 is 9.26 Å². The molecule has 5 heteroatoms. The van der Waals surface area contributed by atoms with Crippen molar-refractivity contribution in [3.8, 4) is 0 Å². The molecule has 1 rings (SSSR count). The molecule has 0 aliphatic heterocycles. The summed E-state index contributed by atoms with van der Waals surface area (Å²) < 4.78 is 9.81. The lowest BCUT2D eigenvalue weighted by atomic mass is 10.0. The maximum atomic E-state index is 11.2. The molecule has 0 N–H and O–H groups in total. The summed E-state index contributed by atoms with van der Waals surface area (Å²) in [5, 5.41) is 3.69. The summed E-state index contributed by atoms with van der Waals surface area (Å²) in [6.45, 7) is 3.73. The molecule has 1 aromatic heterocycles. The molecule has 78 valence electrons. The molecule has 0 spiro atoms. The van der Waals surface area contributed by atoms with Crippen molar-refractivity contribution in [3.05, 3.63) is 11.7 Å². The average molecular weight is 198 g/mol. The summed E-state index contributed by atoms with van der Waals surface area (Å²) in [5.41, 5.74) is 0. The maximum Gasteiger partial charge on any atom is 0.237 e. The van der Waals surface area contributed by atoms with E-state index < -0.39 is 0 Å². The minimum Gasteiger partial charge on any atom is -0.377 e. The number of hydrogen-bond donors (Lipinski definition) is 0. The lowest BCUT2D eigenvalue weighted by Gasteiger charge is -2.03. The Kier molecular flexibility index (Phi) is 3.76. The van der Waals surface area contributed by atoms with Crippen molar-refractivity contribution >= 4 is 5.78 Å². The van der Waals surface area contributed by atoms with Gasteiger partial charge in [0.2, 0.25) is 5.89 Å². The molecule has 1 heterocycles. The van der Waals surface area contributed by atoms with Gasteiger partial charge in [-0.15, -0.1) is 0 Å². The van der Waals surface area contributed by atoms with Crippen LogP contribution in [0.25, 0.3) is 0 Å². The first kappa shape index (κ1) is 10.8. The summed E-state index contributed by atoms with van der Waals surface area (Å²) in [4.78, 5) is 15.3. The minimum absolute atomic E-state index is 0.0418. The van der Waals surface area contributed by atoms with Crippen LogP contribution in [0.1, 0.15) is 37.9 Å². The first-order valence-electron chi connectivity index (χ1n) is 4.50. The number of rotatable bonds is 5. The lowest BCUT2D eigenvalue weighted by Crippen LogP contribution is -2.08. The molecule has 0 saturated heterocycles. The van der Waals surface area contributed by atoms with E-state index in [-0.39, 0.29) is 11.7 Å². The number of Topliss-reactive ketones (excluding diaryl/α,β-unsaturated/α-hetero) is 1. The minimum atomic E-state index is -0.284. The Labute approximate surface area is 82.4 Å². The number of methoxy groups -OCH3 is 1. The van der Waals surface area contributed by atoms with E-state index in [4.69, 9.17) is 9.26 Å². The number of nitrogens with zero attached hydrogens (tertiary/aromatic N) is 2. The number of hydrogen-bond acceptors (Lipinski definition) is 5. The predicted octanol–water partition coefficient (Wildman–Crippen LogP) is 1.30. The first-order chi connectivity index (χ1) is 6.69. The number of aromatic nitrogens is 2. The molecular formula is C9H14N2O3. The Bertz CT molecular complexity index is 309. The van der Waals surface area contributed by atoms with Crippen LogP contribution in [0.2, 0.25) is 0 Å². The SMILES string of the molecule is CCC(C(C)=O)c1nc(COC)no1. The normalized spacial score (nSPS) is 12.8. The van der Waals surface area contributed by atoms with E-state index in [1.807, 2.05) is 6.92 Å². The van der Waals surface area contributed by atoms with Gasteiger partial charge in [0.25, 0.3) is 0 Å². The molecule has 0 aliphatic rings. The van der Waals surface area contributed by atoms with Crippen LogP contribution in [0.4, 0.5) is 0 Å². The van der Waals surface area contributed by atoms with Crippen LogP contribution in [0, 0.1) is 0 Å². The summed E-state index contributed by atoms with van der Waals surface area (Å²) in [7, 11) is 1.55. The largest absolute Gasteiger partial charge is 0.377 e. The maximum absolute atomic E-state index is 11.2. The monoisotopic (exact) mass is 198 g/mol. The second kappa shape index (κ2) is 4.85. The topological polar surface area (TPSA) is 65.2 Å². The fourth-order valence-electron chi connectivity index (χ4n) is 1.23. The van der Waals surface area contributed by atoms with Crippen molar-refractivity contribution in [2.45, 2.75) is 32.8 Å². The van der Waals surface area contributed by atoms with E-state index >= 15 is 0 Å². The Morgan fingerprint density at radius 2 is 2.36 bits per heavy atom. The molecule has 0 aromatic carbocycles. The summed E-state index contributed by atoms with van der Waals surface area (Å²) in [6, 6.07) is 0. The standard InChI is InChI=1S/C9H14N2O3/c1-4-7(6(2)12)9-10-8(5-13-3)11-14-9/h7H,4-5H2,1-3H3. The Balaban J connectivity index is 2.78. The highest BCUT2D eigenvalue weighted by atomic mass is 16.5. The van der Waals surface area contributed by atoms with Gasteiger partial charge in [-0.3, -0.25) is 4.79 Å². The molecule has 0 radical (unpaired) electrons. The Morgan fingerprint density at radius 3 is 2.86 bits per heavy atom. The predicted molar refractivity (Wildman–Crippen MR) is 48.7 cm³/mol. The van der Waals surface area contributed by atoms with Gasteiger partial charge in [0.1, 0.15) is 12.4 Å². The zero-order chi connectivity index (χ0) is 10.6. The molecule has 0 fully saturated rings. The van der Waals surface area contributed by atoms with Gasteiger partial charge in [-0.25, -0.2) is 0 Å². The van der Waals surface area contributed by atoms with Gasteiger partial charge >= 0.3 is 0 Å². The van der Waals surface area contributed by atoms with Crippen molar-refractivity contribution in [1.82, 2.24) is 10.1 Å². The van der Waals surface area contributed by atoms with Crippen LogP contribution < -0.4 is 0 Å². The zero-order valence-electron chi connectivity index (χ0n) is 8.61. The van der Waals surface area contributed by atoms with E-state index in [0.29, 0.717) is 24.7 Å². The number of ether oxygens (including phenoxy) is 1. The number of carbonyl (C=O) groups is 1. The molecule has 0 saturated carbocycles. The van der Waals surface area contributed by atoms with Gasteiger partial charge in [-0.1, -0.05) is 12.1 Å². The molecule has 14 heavy (non-hydrogen) atoms. The average Bonchev–Trinajstić information content (AvgIpc) is 2.54. The van der Waals surface area contributed by atoms with Crippen molar-refractivity contribution in [2.75, 3.05) is 7.11 Å². The van der Waals surface area contributed by atoms with Crippen LogP contribution in [0.15, 0.2) is 4.52 Å². The molecule has 0 bridgehead atoms. The summed E-state index contributed by atoms with van der Waals surface area (Å²) >= 11 is 0. The van der Waals surface area contributed by atoms with Crippen molar-refractivity contribution < 1.29 is 14.1 Å². The van der Waals surface area contributed by atoms with E-state index in [1.165, 1.54) is 6.92 Å². The van der Waals surface area contributed by atoms with Gasteiger partial charge in [-0.2, -0.15) is 4.98 Å². The van der Waals surface area contributed by atoms with E-state index in [2.05, 4.69) is 10.1 Å². The van der Waals surface area contributed by atoms with Crippen LogP contribution in [-0.4, -0.2) is 23.0 Å². The smallest absolute Gasteiger partial charge is 0.237 e. The van der Waals surface area contributed by atoms with E-state index in [0.717, 1.165) is 0 Å². The summed E-state index contributed by atoms with van der Waals surface area (Å²) in [5.74, 6) is 0.613. The van der Waals surface area contributed by atoms with Gasteiger partial charge in [0.05, 0.1) is 5.92 Å². The highest BCUT2D eigenvalue weighted by molar-refractivity contribution is 5.82. The molecule has 1 aromatic rings. The third-order valence-electron chi connectivity index (χ3n) is 1.95. The van der Waals surface area contributed by atoms with Crippen LogP contribution in [-0.2, 0) is 16.1 Å². The fourth-order valence-corrected chi connectivity index (χ4v) is 1.23. The molecule has 5 nitrogen and oxygen atoms in total. The quantitative estimate of drug-likeness (QED) is 0.713. The lowest BCUT2D eigenvalue weighted by molar-refractivity contribution is -0.119.